The number of hydrogen-bond donors (Lipinski definition) is 2. The van der Waals surface area contributed by atoms with Gasteiger partial charge in [0.1, 0.15) is 17.4 Å². The molecule has 0 radical (unpaired) electrons. The quantitative estimate of drug-likeness (QED) is 0.156. The fraction of sp³-hybridized carbons (Fsp3) is 0.585. The first kappa shape index (κ1) is 42.2. The second kappa shape index (κ2) is 16.4. The first-order chi connectivity index (χ1) is 25.7. The van der Waals surface area contributed by atoms with E-state index in [4.69, 9.17) is 38.9 Å². The van der Waals surface area contributed by atoms with Crippen molar-refractivity contribution < 1.29 is 28.6 Å². The van der Waals surface area contributed by atoms with E-state index in [-0.39, 0.29) is 83.4 Å². The van der Waals surface area contributed by atoms with Crippen LogP contribution in [0.2, 0.25) is 0 Å². The molecule has 0 spiro atoms. The van der Waals surface area contributed by atoms with Crippen LogP contribution in [0.1, 0.15) is 92.4 Å². The van der Waals surface area contributed by atoms with Gasteiger partial charge in [-0.15, -0.1) is 0 Å². The monoisotopic (exact) mass is 754 g/mol. The molecule has 14 nitrogen and oxygen atoms in total. The number of carbonyl (C=O) groups is 3. The molecule has 2 N–H and O–H groups in total. The Bertz CT molecular complexity index is 2000. The van der Waals surface area contributed by atoms with Gasteiger partial charge in [0.15, 0.2) is 11.5 Å². The maximum absolute atomic E-state index is 14.6. The summed E-state index contributed by atoms with van der Waals surface area (Å²) in [7, 11) is 1.49. The molecule has 1 fully saturated rings. The van der Waals surface area contributed by atoms with Crippen LogP contribution in [0.5, 0.6) is 11.6 Å². The van der Waals surface area contributed by atoms with Crippen molar-refractivity contribution >= 4 is 35.0 Å². The SMILES string of the molecule is [C-]#[N+]CCN(CC[N+]#[C-])C(=O)Oc1c([N+]#[C-])c(C(=O)OC2C(C(C)(C)C)CC(C)CC2C(C)(C)C)c2nc(-c3ccc(OC)c(NC(=O)C(C)(C)C)c3)[nH]n12. The molecule has 1 aliphatic carbocycles. The van der Waals surface area contributed by atoms with Crippen molar-refractivity contribution in [1.29, 1.82) is 0 Å². The predicted octanol–water partition coefficient (Wildman–Crippen LogP) is 8.79. The molecule has 2 unspecified atom stereocenters. The molecular formula is C41H54N8O6. The lowest BCUT2D eigenvalue weighted by atomic mass is 9.59. The molecule has 1 aromatic carbocycles. The number of methoxy groups -OCH3 is 1. The summed E-state index contributed by atoms with van der Waals surface area (Å²) in [6.07, 6.45) is 0.350. The number of nitrogens with one attached hydrogen (secondary N) is 2. The number of aromatic nitrogens is 3. The van der Waals surface area contributed by atoms with E-state index < -0.39 is 23.6 Å². The molecule has 2 amide bonds. The van der Waals surface area contributed by atoms with Crippen molar-refractivity contribution in [1.82, 2.24) is 19.5 Å². The summed E-state index contributed by atoms with van der Waals surface area (Å²) in [5.41, 5.74) is -0.642. The zero-order valence-corrected chi connectivity index (χ0v) is 33.9. The number of rotatable bonds is 10. The van der Waals surface area contributed by atoms with Gasteiger partial charge in [-0.3, -0.25) is 14.8 Å². The van der Waals surface area contributed by atoms with E-state index >= 15 is 0 Å². The van der Waals surface area contributed by atoms with Crippen LogP contribution in [0.25, 0.3) is 31.6 Å². The number of benzene rings is 1. The van der Waals surface area contributed by atoms with Crippen LogP contribution >= 0.6 is 0 Å². The molecule has 4 rings (SSSR count). The van der Waals surface area contributed by atoms with E-state index in [0.29, 0.717) is 22.9 Å². The van der Waals surface area contributed by atoms with Crippen molar-refractivity contribution in [3.05, 3.63) is 58.0 Å². The molecule has 14 heteroatoms. The van der Waals surface area contributed by atoms with Crippen LogP contribution in [0.4, 0.5) is 16.2 Å². The van der Waals surface area contributed by atoms with E-state index in [9.17, 15) is 14.4 Å². The highest BCUT2D eigenvalue weighted by Crippen LogP contribution is 2.50. The molecule has 294 valence electrons. The molecule has 0 bridgehead atoms. The third kappa shape index (κ3) is 9.40. The average molecular weight is 755 g/mol. The number of nitrogens with zero attached hydrogens (tertiary/aromatic N) is 6. The number of H-pyrrole nitrogens is 1. The minimum absolute atomic E-state index is 0.000243. The van der Waals surface area contributed by atoms with Gasteiger partial charge in [-0.25, -0.2) is 37.1 Å². The maximum atomic E-state index is 14.6. The van der Waals surface area contributed by atoms with E-state index in [2.05, 4.69) is 73.4 Å². The number of ether oxygens (including phenoxy) is 3. The van der Waals surface area contributed by atoms with E-state index in [1.54, 1.807) is 39.0 Å². The van der Waals surface area contributed by atoms with Crippen molar-refractivity contribution in [2.45, 2.75) is 88.2 Å². The Morgan fingerprint density at radius 1 is 0.964 bits per heavy atom. The Hall–Kier alpha value is -5.55. The van der Waals surface area contributed by atoms with Crippen LogP contribution in [0.3, 0.4) is 0 Å². The van der Waals surface area contributed by atoms with E-state index in [1.807, 2.05) is 0 Å². The first-order valence-corrected chi connectivity index (χ1v) is 18.5. The Morgan fingerprint density at radius 3 is 2.04 bits per heavy atom. The van der Waals surface area contributed by atoms with Gasteiger partial charge in [-0.05, 0) is 47.8 Å². The highest BCUT2D eigenvalue weighted by molar-refractivity contribution is 6.05. The topological polar surface area (TPSA) is 140 Å². The summed E-state index contributed by atoms with van der Waals surface area (Å²) < 4.78 is 19.2. The van der Waals surface area contributed by atoms with Gasteiger partial charge >= 0.3 is 12.1 Å². The van der Waals surface area contributed by atoms with Gasteiger partial charge in [0.25, 0.3) is 5.69 Å². The molecule has 55 heavy (non-hydrogen) atoms. The number of carbonyl (C=O) groups excluding carboxylic acids is 3. The summed E-state index contributed by atoms with van der Waals surface area (Å²) in [6, 6.07) is 5.05. The van der Waals surface area contributed by atoms with Crippen molar-refractivity contribution in [2.24, 2.45) is 34.0 Å². The maximum Gasteiger partial charge on any atom is 0.415 e. The Morgan fingerprint density at radius 2 is 1.55 bits per heavy atom. The predicted molar refractivity (Wildman–Crippen MR) is 210 cm³/mol. The average Bonchev–Trinajstić information content (AvgIpc) is 3.64. The third-order valence-corrected chi connectivity index (χ3v) is 10.2. The van der Waals surface area contributed by atoms with Crippen molar-refractivity contribution in [2.75, 3.05) is 38.6 Å². The molecule has 0 aliphatic heterocycles. The minimum atomic E-state index is -0.897. The van der Waals surface area contributed by atoms with Gasteiger partial charge in [-0.1, -0.05) is 69.2 Å². The standard InChI is InChI=1S/C41H54N8O6/c1-24-21-26(39(2,3)4)32(27(22-24)40(5,6)7)54-36(50)30-31(44-13)35(55-38(52)48(19-17-42-11)20-18-43-12)49-34(30)46-33(47-49)25-15-16-29(53-14)28(23-25)45-37(51)41(8,9)10/h15-16,23-24,26-27,32H,17-22H2,1-10,14H3,(H,45,51)(H,46,47). The number of esters is 1. The summed E-state index contributed by atoms with van der Waals surface area (Å²) in [6.45, 7) is 43.1. The van der Waals surface area contributed by atoms with E-state index in [1.165, 1.54) is 16.5 Å². The Balaban J connectivity index is 1.92. The highest BCUT2D eigenvalue weighted by Gasteiger charge is 2.48. The molecule has 2 aromatic heterocycles. The number of aromatic amines is 1. The second-order valence-corrected chi connectivity index (χ2v) is 17.5. The molecule has 1 aliphatic rings. The second-order valence-electron chi connectivity index (χ2n) is 17.5. The first-order valence-electron chi connectivity index (χ1n) is 18.5. The fourth-order valence-corrected chi connectivity index (χ4v) is 7.09. The molecule has 2 atom stereocenters. The third-order valence-electron chi connectivity index (χ3n) is 10.2. The number of fused-ring (bicyclic) bond motifs is 1. The number of hydrogen-bond acceptors (Lipinski definition) is 7. The largest absolute Gasteiger partial charge is 0.495 e. The lowest BCUT2D eigenvalue weighted by Gasteiger charge is -2.50. The summed E-state index contributed by atoms with van der Waals surface area (Å²) in [4.78, 5) is 57.6. The zero-order chi connectivity index (χ0) is 41.0. The van der Waals surface area contributed by atoms with E-state index in [0.717, 1.165) is 12.8 Å². The highest BCUT2D eigenvalue weighted by atomic mass is 16.6. The van der Waals surface area contributed by atoms with Crippen LogP contribution < -0.4 is 14.8 Å². The lowest BCUT2D eigenvalue weighted by molar-refractivity contribution is -0.123. The van der Waals surface area contributed by atoms with Gasteiger partial charge in [0.2, 0.25) is 24.9 Å². The Kier molecular flexibility index (Phi) is 12.6. The number of amides is 2. The summed E-state index contributed by atoms with van der Waals surface area (Å²) in [5.74, 6) is -0.194. The zero-order valence-electron chi connectivity index (χ0n) is 33.9. The van der Waals surface area contributed by atoms with Crippen LogP contribution in [-0.4, -0.2) is 76.9 Å². The van der Waals surface area contributed by atoms with Gasteiger partial charge in [0.05, 0.1) is 32.5 Å². The van der Waals surface area contributed by atoms with Crippen molar-refractivity contribution in [3.8, 4) is 23.0 Å². The van der Waals surface area contributed by atoms with Crippen LogP contribution in [-0.2, 0) is 9.53 Å². The summed E-state index contributed by atoms with van der Waals surface area (Å²) in [5, 5.41) is 6.00. The Labute approximate surface area is 324 Å². The van der Waals surface area contributed by atoms with Gasteiger partial charge in [-0.2, -0.15) is 0 Å². The molecule has 3 aromatic rings. The van der Waals surface area contributed by atoms with Gasteiger partial charge < -0.3 is 29.2 Å². The normalized spacial score (nSPS) is 18.8. The number of anilines is 1. The van der Waals surface area contributed by atoms with Crippen molar-refractivity contribution in [3.63, 3.8) is 0 Å². The van der Waals surface area contributed by atoms with Crippen LogP contribution in [0.15, 0.2) is 18.2 Å². The molecule has 2 heterocycles. The van der Waals surface area contributed by atoms with Gasteiger partial charge in [0, 0.05) is 22.8 Å². The molecular weight excluding hydrogens is 701 g/mol. The summed E-state index contributed by atoms with van der Waals surface area (Å²) >= 11 is 0. The fourth-order valence-electron chi connectivity index (χ4n) is 7.09. The molecule has 0 saturated heterocycles. The minimum Gasteiger partial charge on any atom is -0.495 e. The van der Waals surface area contributed by atoms with Crippen LogP contribution in [0, 0.1) is 53.7 Å². The smallest absolute Gasteiger partial charge is 0.415 e. The molecule has 1 saturated carbocycles. The lowest BCUT2D eigenvalue weighted by Crippen LogP contribution is -2.49.